The minimum absolute atomic E-state index is 0.0142. The Hall–Kier alpha value is -3.41. The lowest BCUT2D eigenvalue weighted by molar-refractivity contribution is -0.132. The standard InChI is InChI=1S/C29H44N8O3/c1-4-5-6-23(20-38)32-28-27-24(33-29(30)34-28)10-12-37(27)19-22-17-21(7-8-25(22)40-3)18-35-13-15-36(16-14-35)26(39)9-11-31-2/h7-8,10,12,17,23,31,38H,4-6,9,11,13-16,18-20H2,1-3H3,(H3,30,32,33,34). The summed E-state index contributed by atoms with van der Waals surface area (Å²) in [6, 6.07) is 8.15. The molecule has 4 rings (SSSR count). The predicted octanol–water partition coefficient (Wildman–Crippen LogP) is 2.29. The maximum atomic E-state index is 12.4. The van der Waals surface area contributed by atoms with E-state index in [0.717, 1.165) is 74.3 Å². The molecule has 1 aliphatic rings. The van der Waals surface area contributed by atoms with E-state index in [9.17, 15) is 9.90 Å². The van der Waals surface area contributed by atoms with E-state index >= 15 is 0 Å². The van der Waals surface area contributed by atoms with Crippen LogP contribution in [0.1, 0.15) is 43.7 Å². The summed E-state index contributed by atoms with van der Waals surface area (Å²) in [5, 5.41) is 16.4. The molecule has 1 atom stereocenters. The Morgan fingerprint density at radius 2 is 1.98 bits per heavy atom. The first kappa shape index (κ1) is 29.6. The lowest BCUT2D eigenvalue weighted by Gasteiger charge is -2.35. The second-order valence-electron chi connectivity index (χ2n) is 10.4. The molecular weight excluding hydrogens is 508 g/mol. The Morgan fingerprint density at radius 3 is 2.67 bits per heavy atom. The van der Waals surface area contributed by atoms with Crippen LogP contribution >= 0.6 is 0 Å². The van der Waals surface area contributed by atoms with Crippen LogP contribution in [0.3, 0.4) is 0 Å². The summed E-state index contributed by atoms with van der Waals surface area (Å²) in [5.74, 6) is 1.85. The normalized spacial score (nSPS) is 14.9. The molecule has 1 aliphatic heterocycles. The molecule has 40 heavy (non-hydrogen) atoms. The number of nitrogens with two attached hydrogens (primary N) is 1. The second-order valence-corrected chi connectivity index (χ2v) is 10.4. The number of nitrogens with one attached hydrogen (secondary N) is 2. The summed E-state index contributed by atoms with van der Waals surface area (Å²) in [6.07, 6.45) is 5.43. The number of carbonyl (C=O) groups excluding carboxylic acids is 1. The molecule has 0 spiro atoms. The fraction of sp³-hybridized carbons (Fsp3) is 0.552. The maximum Gasteiger partial charge on any atom is 0.223 e. The minimum Gasteiger partial charge on any atom is -0.496 e. The molecule has 11 heteroatoms. The highest BCUT2D eigenvalue weighted by Crippen LogP contribution is 2.28. The molecule has 0 bridgehead atoms. The Bertz CT molecular complexity index is 1260. The molecule has 1 unspecified atom stereocenters. The van der Waals surface area contributed by atoms with Gasteiger partial charge in [0, 0.05) is 57.4 Å². The topological polar surface area (TPSA) is 134 Å². The first-order valence-electron chi connectivity index (χ1n) is 14.3. The molecule has 1 amide bonds. The molecule has 5 N–H and O–H groups in total. The molecule has 1 saturated heterocycles. The number of nitrogen functional groups attached to an aromatic ring is 1. The van der Waals surface area contributed by atoms with Gasteiger partial charge in [0.15, 0.2) is 5.82 Å². The molecule has 1 fully saturated rings. The number of anilines is 2. The van der Waals surface area contributed by atoms with Crippen molar-refractivity contribution in [2.75, 3.05) is 64.5 Å². The number of rotatable bonds is 14. The van der Waals surface area contributed by atoms with Gasteiger partial charge in [0.1, 0.15) is 11.3 Å². The van der Waals surface area contributed by atoms with Crippen molar-refractivity contribution in [3.05, 3.63) is 41.6 Å². The van der Waals surface area contributed by atoms with Crippen LogP contribution in [0.4, 0.5) is 11.8 Å². The third-order valence-corrected chi connectivity index (χ3v) is 7.50. The van der Waals surface area contributed by atoms with Crippen molar-refractivity contribution in [3.8, 4) is 5.75 Å². The van der Waals surface area contributed by atoms with Crippen molar-refractivity contribution in [1.82, 2.24) is 29.7 Å². The maximum absolute atomic E-state index is 12.4. The number of nitrogens with zero attached hydrogens (tertiary/aromatic N) is 5. The van der Waals surface area contributed by atoms with Crippen molar-refractivity contribution in [3.63, 3.8) is 0 Å². The lowest BCUT2D eigenvalue weighted by Crippen LogP contribution is -2.48. The van der Waals surface area contributed by atoms with Gasteiger partial charge in [0.05, 0.1) is 31.8 Å². The number of aromatic nitrogens is 3. The van der Waals surface area contributed by atoms with Crippen molar-refractivity contribution in [2.45, 2.75) is 51.7 Å². The van der Waals surface area contributed by atoms with Crippen LogP contribution in [-0.4, -0.2) is 94.9 Å². The van der Waals surface area contributed by atoms with Crippen molar-refractivity contribution >= 4 is 28.7 Å². The molecule has 0 radical (unpaired) electrons. The third kappa shape index (κ3) is 7.41. The molecule has 0 aliphatic carbocycles. The number of hydrogen-bond donors (Lipinski definition) is 4. The number of carbonyl (C=O) groups is 1. The Kier molecular flexibility index (Phi) is 10.6. The number of aliphatic hydroxyl groups excluding tert-OH is 1. The van der Waals surface area contributed by atoms with Crippen LogP contribution in [0, 0.1) is 0 Å². The van der Waals surface area contributed by atoms with Gasteiger partial charge in [-0.25, -0.2) is 4.98 Å². The summed E-state index contributed by atoms with van der Waals surface area (Å²) < 4.78 is 7.82. The van der Waals surface area contributed by atoms with E-state index in [1.807, 2.05) is 30.3 Å². The van der Waals surface area contributed by atoms with E-state index in [2.05, 4.69) is 49.1 Å². The largest absolute Gasteiger partial charge is 0.496 e. The molecule has 3 heterocycles. The average Bonchev–Trinajstić information content (AvgIpc) is 3.36. The average molecular weight is 553 g/mol. The lowest BCUT2D eigenvalue weighted by atomic mass is 10.1. The summed E-state index contributed by atoms with van der Waals surface area (Å²) in [5.41, 5.74) is 9.86. The Balaban J connectivity index is 1.50. The number of aliphatic hydroxyl groups is 1. The van der Waals surface area contributed by atoms with Gasteiger partial charge in [0.25, 0.3) is 0 Å². The predicted molar refractivity (Wildman–Crippen MR) is 158 cm³/mol. The van der Waals surface area contributed by atoms with Gasteiger partial charge in [-0.2, -0.15) is 4.98 Å². The zero-order valence-electron chi connectivity index (χ0n) is 24.0. The van der Waals surface area contributed by atoms with Gasteiger partial charge in [-0.15, -0.1) is 0 Å². The molecule has 218 valence electrons. The van der Waals surface area contributed by atoms with Gasteiger partial charge >= 0.3 is 0 Å². The first-order chi connectivity index (χ1) is 19.4. The Morgan fingerprint density at radius 1 is 1.18 bits per heavy atom. The number of methoxy groups -OCH3 is 1. The molecule has 3 aromatic rings. The molecular formula is C29H44N8O3. The number of benzene rings is 1. The summed E-state index contributed by atoms with van der Waals surface area (Å²) in [4.78, 5) is 25.7. The van der Waals surface area contributed by atoms with Gasteiger partial charge < -0.3 is 35.7 Å². The summed E-state index contributed by atoms with van der Waals surface area (Å²) >= 11 is 0. The van der Waals surface area contributed by atoms with E-state index in [0.29, 0.717) is 25.3 Å². The molecule has 0 saturated carbocycles. The van der Waals surface area contributed by atoms with Gasteiger partial charge in [-0.1, -0.05) is 25.8 Å². The van der Waals surface area contributed by atoms with Crippen LogP contribution < -0.4 is 21.1 Å². The SMILES string of the molecule is CCCCC(CO)Nc1nc(N)nc2ccn(Cc3cc(CN4CCN(C(=O)CCNC)CC4)ccc3OC)c12. The van der Waals surface area contributed by atoms with E-state index < -0.39 is 0 Å². The highest BCUT2D eigenvalue weighted by atomic mass is 16.5. The van der Waals surface area contributed by atoms with Gasteiger partial charge in [-0.3, -0.25) is 9.69 Å². The van der Waals surface area contributed by atoms with Crippen molar-refractivity contribution in [2.24, 2.45) is 0 Å². The third-order valence-electron chi connectivity index (χ3n) is 7.50. The zero-order chi connectivity index (χ0) is 28.5. The van der Waals surface area contributed by atoms with Crippen LogP contribution in [-0.2, 0) is 17.9 Å². The zero-order valence-corrected chi connectivity index (χ0v) is 24.0. The quantitative estimate of drug-likeness (QED) is 0.238. The van der Waals surface area contributed by atoms with Gasteiger partial charge in [-0.05, 0) is 37.2 Å². The van der Waals surface area contributed by atoms with Crippen LogP contribution in [0.2, 0.25) is 0 Å². The molecule has 2 aromatic heterocycles. The Labute approximate surface area is 236 Å². The summed E-state index contributed by atoms with van der Waals surface area (Å²) in [6.45, 7) is 7.45. The number of hydrogen-bond acceptors (Lipinski definition) is 9. The van der Waals surface area contributed by atoms with E-state index in [1.54, 1.807) is 7.11 Å². The van der Waals surface area contributed by atoms with Crippen LogP contribution in [0.15, 0.2) is 30.5 Å². The molecule has 1 aromatic carbocycles. The van der Waals surface area contributed by atoms with E-state index in [4.69, 9.17) is 10.5 Å². The molecule has 11 nitrogen and oxygen atoms in total. The highest BCUT2D eigenvalue weighted by Gasteiger charge is 2.21. The number of fused-ring (bicyclic) bond motifs is 1. The number of amides is 1. The fourth-order valence-corrected chi connectivity index (χ4v) is 5.25. The summed E-state index contributed by atoms with van der Waals surface area (Å²) in [7, 11) is 3.56. The number of piperazine rings is 1. The van der Waals surface area contributed by atoms with E-state index in [-0.39, 0.29) is 24.5 Å². The van der Waals surface area contributed by atoms with Crippen LogP contribution in [0.25, 0.3) is 11.0 Å². The minimum atomic E-state index is -0.113. The van der Waals surface area contributed by atoms with Crippen molar-refractivity contribution < 1.29 is 14.6 Å². The van der Waals surface area contributed by atoms with Crippen LogP contribution in [0.5, 0.6) is 5.75 Å². The number of ether oxygens (including phenoxy) is 1. The second kappa shape index (κ2) is 14.3. The monoisotopic (exact) mass is 552 g/mol. The fourth-order valence-electron chi connectivity index (χ4n) is 5.25. The first-order valence-corrected chi connectivity index (χ1v) is 14.3. The smallest absolute Gasteiger partial charge is 0.223 e. The van der Waals surface area contributed by atoms with Crippen molar-refractivity contribution in [1.29, 1.82) is 0 Å². The highest BCUT2D eigenvalue weighted by molar-refractivity contribution is 5.87. The van der Waals surface area contributed by atoms with Gasteiger partial charge in [0.2, 0.25) is 11.9 Å². The number of unbranched alkanes of at least 4 members (excludes halogenated alkanes) is 1. The van der Waals surface area contributed by atoms with E-state index in [1.165, 1.54) is 5.56 Å².